The molecular weight excluding hydrogens is 417 g/mol. The summed E-state index contributed by atoms with van der Waals surface area (Å²) in [6.45, 7) is 10.8. The zero-order chi connectivity index (χ0) is 24.1. The number of fused-ring (bicyclic) bond motifs is 1. The van der Waals surface area contributed by atoms with Crippen LogP contribution in [0.15, 0.2) is 59.5 Å². The molecule has 0 radical (unpaired) electrons. The average Bonchev–Trinajstić information content (AvgIpc) is 2.72. The van der Waals surface area contributed by atoms with E-state index in [1.807, 2.05) is 41.8 Å². The topological polar surface area (TPSA) is 51.5 Å². The van der Waals surface area contributed by atoms with Crippen molar-refractivity contribution in [3.63, 3.8) is 0 Å². The fourth-order valence-corrected chi connectivity index (χ4v) is 4.11. The van der Waals surface area contributed by atoms with Crippen LogP contribution in [0.2, 0.25) is 0 Å². The molecule has 0 spiro atoms. The summed E-state index contributed by atoms with van der Waals surface area (Å²) >= 11 is 0. The first-order chi connectivity index (χ1) is 15.5. The fourth-order valence-electron chi connectivity index (χ4n) is 4.11. The van der Waals surface area contributed by atoms with Gasteiger partial charge in [0.15, 0.2) is 11.2 Å². The lowest BCUT2D eigenvalue weighted by Gasteiger charge is -2.23. The number of benzene rings is 3. The van der Waals surface area contributed by atoms with Crippen LogP contribution in [-0.2, 0) is 5.60 Å². The predicted molar refractivity (Wildman–Crippen MR) is 130 cm³/mol. The van der Waals surface area contributed by atoms with Crippen LogP contribution in [0, 0.1) is 33.5 Å². The number of nitrogens with zero attached hydrogens (tertiary/aromatic N) is 1. The molecule has 0 saturated heterocycles. The zero-order valence-electron chi connectivity index (χ0n) is 19.8. The maximum atomic E-state index is 13.9. The molecule has 4 nitrogen and oxygen atoms in total. The van der Waals surface area contributed by atoms with Gasteiger partial charge in [0.2, 0.25) is 0 Å². The largest absolute Gasteiger partial charge is 0.455 e. The molecule has 33 heavy (non-hydrogen) atoms. The Labute approximate surface area is 192 Å². The van der Waals surface area contributed by atoms with Gasteiger partial charge in [-0.05, 0) is 100 Å². The first-order valence-electron chi connectivity index (χ1n) is 10.9. The van der Waals surface area contributed by atoms with Crippen molar-refractivity contribution in [3.8, 4) is 17.2 Å². The van der Waals surface area contributed by atoms with E-state index >= 15 is 0 Å². The summed E-state index contributed by atoms with van der Waals surface area (Å²) in [6, 6.07) is 14.1. The van der Waals surface area contributed by atoms with E-state index in [1.54, 1.807) is 46.9 Å². The van der Waals surface area contributed by atoms with E-state index in [4.69, 9.17) is 4.74 Å². The number of rotatable bonds is 4. The molecule has 0 aliphatic rings. The second-order valence-corrected chi connectivity index (χ2v) is 9.24. The van der Waals surface area contributed by atoms with E-state index in [0.717, 1.165) is 11.1 Å². The van der Waals surface area contributed by atoms with Crippen LogP contribution < -0.4 is 10.2 Å². The molecule has 3 aromatic carbocycles. The summed E-state index contributed by atoms with van der Waals surface area (Å²) in [5.74, 6) is 0.797. The minimum absolute atomic E-state index is 0.0208. The lowest BCUT2D eigenvalue weighted by Crippen LogP contribution is -2.17. The third-order valence-electron chi connectivity index (χ3n) is 5.90. The number of aromatic nitrogens is 1. The molecule has 4 rings (SSSR count). The maximum Gasteiger partial charge on any atom is 0.192 e. The molecule has 0 fully saturated rings. The van der Waals surface area contributed by atoms with Gasteiger partial charge in [0.05, 0.1) is 16.8 Å². The lowest BCUT2D eigenvalue weighted by atomic mass is 9.97. The molecule has 0 aliphatic carbocycles. The van der Waals surface area contributed by atoms with E-state index < -0.39 is 5.60 Å². The highest BCUT2D eigenvalue weighted by atomic mass is 19.1. The summed E-state index contributed by atoms with van der Waals surface area (Å²) in [5.41, 5.74) is 4.01. The molecule has 1 heterocycles. The third kappa shape index (κ3) is 4.29. The van der Waals surface area contributed by atoms with Crippen molar-refractivity contribution in [2.45, 2.75) is 47.1 Å². The molecule has 0 atom stereocenters. The molecule has 1 N–H and O–H groups in total. The second kappa shape index (κ2) is 8.16. The van der Waals surface area contributed by atoms with Crippen LogP contribution in [0.4, 0.5) is 4.39 Å². The Morgan fingerprint density at radius 1 is 0.909 bits per heavy atom. The number of pyridine rings is 1. The van der Waals surface area contributed by atoms with Gasteiger partial charge in [-0.2, -0.15) is 0 Å². The molecule has 4 aromatic rings. The predicted octanol–water partition coefficient (Wildman–Crippen LogP) is 6.38. The van der Waals surface area contributed by atoms with Gasteiger partial charge in [-0.15, -0.1) is 0 Å². The standard InChI is InChI=1S/C28H28FNO3/c1-16-7-9-22-23(11-16)30(15-19(4)26(22)31)24-14-20(28(5,6)32)8-10-25(24)33-27-17(2)12-21(29)13-18(27)3/h7-15,32H,1-6H3. The summed E-state index contributed by atoms with van der Waals surface area (Å²) in [5, 5.41) is 11.3. The number of hydrogen-bond acceptors (Lipinski definition) is 3. The number of aliphatic hydroxyl groups is 1. The average molecular weight is 446 g/mol. The minimum atomic E-state index is -1.07. The van der Waals surface area contributed by atoms with E-state index in [0.29, 0.717) is 44.8 Å². The zero-order valence-corrected chi connectivity index (χ0v) is 19.8. The molecule has 0 aliphatic heterocycles. The van der Waals surface area contributed by atoms with Gasteiger partial charge >= 0.3 is 0 Å². The molecule has 0 amide bonds. The highest BCUT2D eigenvalue weighted by Gasteiger charge is 2.21. The first kappa shape index (κ1) is 22.7. The van der Waals surface area contributed by atoms with Crippen molar-refractivity contribution in [2.24, 2.45) is 0 Å². The Kier molecular flexibility index (Phi) is 5.62. The molecule has 0 unspecified atom stereocenters. The van der Waals surface area contributed by atoms with Gasteiger partial charge < -0.3 is 14.4 Å². The van der Waals surface area contributed by atoms with E-state index in [9.17, 15) is 14.3 Å². The van der Waals surface area contributed by atoms with Gasteiger partial charge in [0.25, 0.3) is 0 Å². The van der Waals surface area contributed by atoms with Gasteiger partial charge in [-0.1, -0.05) is 12.1 Å². The molecule has 170 valence electrons. The van der Waals surface area contributed by atoms with Crippen molar-refractivity contribution in [1.29, 1.82) is 0 Å². The van der Waals surface area contributed by atoms with Crippen LogP contribution in [-0.4, -0.2) is 9.67 Å². The maximum absolute atomic E-state index is 13.9. The van der Waals surface area contributed by atoms with Crippen molar-refractivity contribution in [1.82, 2.24) is 4.57 Å². The highest BCUT2D eigenvalue weighted by molar-refractivity contribution is 5.82. The lowest BCUT2D eigenvalue weighted by molar-refractivity contribution is 0.0785. The molecule has 0 saturated carbocycles. The van der Waals surface area contributed by atoms with E-state index in [1.165, 1.54) is 12.1 Å². The SMILES string of the molecule is Cc1ccc2c(=O)c(C)cn(-c3cc(C(C)(C)O)ccc3Oc3c(C)cc(F)cc3C)c2c1. The first-order valence-corrected chi connectivity index (χ1v) is 10.9. The van der Waals surface area contributed by atoms with E-state index in [2.05, 4.69) is 0 Å². The number of ether oxygens (including phenoxy) is 1. The monoisotopic (exact) mass is 445 g/mol. The van der Waals surface area contributed by atoms with Gasteiger partial charge in [-0.25, -0.2) is 4.39 Å². The Hall–Kier alpha value is -3.44. The van der Waals surface area contributed by atoms with Gasteiger partial charge in [0.1, 0.15) is 11.6 Å². The van der Waals surface area contributed by atoms with Crippen LogP contribution in [0.3, 0.4) is 0 Å². The van der Waals surface area contributed by atoms with Crippen molar-refractivity contribution < 1.29 is 14.2 Å². The molecule has 1 aromatic heterocycles. The molecule has 5 heteroatoms. The van der Waals surface area contributed by atoms with Crippen LogP contribution in [0.25, 0.3) is 16.6 Å². The van der Waals surface area contributed by atoms with Crippen LogP contribution in [0.1, 0.15) is 41.7 Å². The summed E-state index contributed by atoms with van der Waals surface area (Å²) < 4.78 is 22.1. The Morgan fingerprint density at radius 3 is 2.21 bits per heavy atom. The van der Waals surface area contributed by atoms with Crippen LogP contribution >= 0.6 is 0 Å². The fraction of sp³-hybridized carbons (Fsp3) is 0.250. The number of hydrogen-bond donors (Lipinski definition) is 1. The quantitative estimate of drug-likeness (QED) is 0.396. The molecular formula is C28H28FNO3. The summed E-state index contributed by atoms with van der Waals surface area (Å²) in [7, 11) is 0. The Balaban J connectivity index is 2.03. The normalized spacial score (nSPS) is 11.8. The molecule has 0 bridgehead atoms. The Bertz CT molecular complexity index is 1420. The third-order valence-corrected chi connectivity index (χ3v) is 5.90. The van der Waals surface area contributed by atoms with E-state index in [-0.39, 0.29) is 11.2 Å². The Morgan fingerprint density at radius 2 is 1.58 bits per heavy atom. The number of aryl methyl sites for hydroxylation is 4. The summed E-state index contributed by atoms with van der Waals surface area (Å²) in [4.78, 5) is 12.8. The highest BCUT2D eigenvalue weighted by Crippen LogP contribution is 2.36. The van der Waals surface area contributed by atoms with Crippen molar-refractivity contribution in [3.05, 3.63) is 98.6 Å². The number of halogens is 1. The second-order valence-electron chi connectivity index (χ2n) is 9.24. The van der Waals surface area contributed by atoms with Crippen molar-refractivity contribution >= 4 is 10.9 Å². The van der Waals surface area contributed by atoms with Crippen molar-refractivity contribution in [2.75, 3.05) is 0 Å². The van der Waals surface area contributed by atoms with Gasteiger partial charge in [0, 0.05) is 17.1 Å². The summed E-state index contributed by atoms with van der Waals surface area (Å²) in [6.07, 6.45) is 1.80. The van der Waals surface area contributed by atoms with Crippen LogP contribution in [0.5, 0.6) is 11.5 Å². The van der Waals surface area contributed by atoms with Gasteiger partial charge in [-0.3, -0.25) is 4.79 Å². The smallest absolute Gasteiger partial charge is 0.192 e. The minimum Gasteiger partial charge on any atom is -0.455 e.